The minimum absolute atomic E-state index is 0.0680. The van der Waals surface area contributed by atoms with Gasteiger partial charge in [-0.25, -0.2) is 17.5 Å². The summed E-state index contributed by atoms with van der Waals surface area (Å²) in [6.45, 7) is 3.71. The van der Waals surface area contributed by atoms with Gasteiger partial charge in [-0.3, -0.25) is 4.79 Å². The Kier molecular flexibility index (Phi) is 7.53. The van der Waals surface area contributed by atoms with Crippen LogP contribution in [0.5, 0.6) is 0 Å². The lowest BCUT2D eigenvalue weighted by Crippen LogP contribution is -2.23. The molecule has 0 aliphatic rings. The largest absolute Gasteiger partial charge is 0.452 e. The fourth-order valence-corrected chi connectivity index (χ4v) is 3.54. The predicted molar refractivity (Wildman–Crippen MR) is 111 cm³/mol. The van der Waals surface area contributed by atoms with Gasteiger partial charge in [0.15, 0.2) is 6.61 Å². The summed E-state index contributed by atoms with van der Waals surface area (Å²) >= 11 is 0. The normalized spacial score (nSPS) is 12.4. The third kappa shape index (κ3) is 5.65. The maximum absolute atomic E-state index is 12.2. The van der Waals surface area contributed by atoms with Crippen molar-refractivity contribution in [3.8, 4) is 0 Å². The molecule has 0 spiro atoms. The summed E-state index contributed by atoms with van der Waals surface area (Å²) in [6.07, 6.45) is 0.932. The fraction of sp³-hybridized carbons (Fsp3) is 0.333. The quantitative estimate of drug-likeness (QED) is 0.665. The van der Waals surface area contributed by atoms with Crippen LogP contribution in [-0.2, 0) is 19.6 Å². The molecule has 2 rings (SSSR count). The summed E-state index contributed by atoms with van der Waals surface area (Å²) in [5.41, 5.74) is 1.88. The minimum Gasteiger partial charge on any atom is -0.452 e. The van der Waals surface area contributed by atoms with Crippen LogP contribution in [0.15, 0.2) is 53.4 Å². The molecule has 0 unspecified atom stereocenters. The van der Waals surface area contributed by atoms with E-state index >= 15 is 0 Å². The van der Waals surface area contributed by atoms with Crippen LogP contribution in [0.4, 0.5) is 5.69 Å². The summed E-state index contributed by atoms with van der Waals surface area (Å²) in [5, 5.41) is 2.77. The van der Waals surface area contributed by atoms with Gasteiger partial charge in [0.1, 0.15) is 0 Å². The van der Waals surface area contributed by atoms with E-state index in [1.165, 1.54) is 38.4 Å². The van der Waals surface area contributed by atoms with E-state index in [2.05, 4.69) is 19.2 Å². The molecule has 1 amide bonds. The highest BCUT2D eigenvalue weighted by Crippen LogP contribution is 2.26. The average molecular weight is 419 g/mol. The number of para-hydroxylation sites is 1. The van der Waals surface area contributed by atoms with Crippen LogP contribution in [-0.4, -0.2) is 45.3 Å². The molecule has 0 radical (unpaired) electrons. The number of carbonyl (C=O) groups is 2. The third-order valence-corrected chi connectivity index (χ3v) is 6.41. The number of anilines is 1. The number of amides is 1. The van der Waals surface area contributed by atoms with E-state index in [1.54, 1.807) is 0 Å². The van der Waals surface area contributed by atoms with E-state index in [0.717, 1.165) is 16.3 Å². The molecule has 1 atom stereocenters. The lowest BCUT2D eigenvalue weighted by molar-refractivity contribution is -0.119. The van der Waals surface area contributed by atoms with Gasteiger partial charge < -0.3 is 10.1 Å². The Morgan fingerprint density at radius 3 is 2.28 bits per heavy atom. The van der Waals surface area contributed by atoms with E-state index in [1.807, 2.05) is 24.3 Å². The Labute approximate surface area is 171 Å². The van der Waals surface area contributed by atoms with Crippen LogP contribution >= 0.6 is 0 Å². The van der Waals surface area contributed by atoms with Gasteiger partial charge in [-0.1, -0.05) is 32.0 Å². The van der Waals surface area contributed by atoms with Crippen molar-refractivity contribution in [3.63, 3.8) is 0 Å². The number of ether oxygens (including phenoxy) is 1. The molecular formula is C21H26N2O5S. The Hall–Kier alpha value is -2.71. The summed E-state index contributed by atoms with van der Waals surface area (Å²) in [5.74, 6) is -0.865. The van der Waals surface area contributed by atoms with E-state index in [4.69, 9.17) is 4.74 Å². The number of carbonyl (C=O) groups excluding carboxylic acids is 2. The molecule has 0 saturated carbocycles. The number of sulfonamides is 1. The van der Waals surface area contributed by atoms with Crippen LogP contribution in [0.2, 0.25) is 0 Å². The second-order valence-corrected chi connectivity index (χ2v) is 8.98. The van der Waals surface area contributed by atoms with E-state index < -0.39 is 28.5 Å². The number of nitrogens with zero attached hydrogens (tertiary/aromatic N) is 1. The van der Waals surface area contributed by atoms with Gasteiger partial charge in [0.2, 0.25) is 10.0 Å². The second-order valence-electron chi connectivity index (χ2n) is 6.83. The monoisotopic (exact) mass is 418 g/mol. The van der Waals surface area contributed by atoms with Gasteiger partial charge >= 0.3 is 5.97 Å². The van der Waals surface area contributed by atoms with Crippen molar-refractivity contribution < 1.29 is 22.7 Å². The summed E-state index contributed by atoms with van der Waals surface area (Å²) in [4.78, 5) is 24.4. The highest BCUT2D eigenvalue weighted by Gasteiger charge is 2.18. The second kappa shape index (κ2) is 9.67. The summed E-state index contributed by atoms with van der Waals surface area (Å²) in [6, 6.07) is 12.9. The predicted octanol–water partition coefficient (Wildman–Crippen LogP) is 3.25. The maximum Gasteiger partial charge on any atom is 0.338 e. The molecule has 2 aromatic rings. The molecule has 8 heteroatoms. The SMILES string of the molecule is CC[C@@H](C)c1ccccc1NC(=O)COC(=O)c1ccc(S(=O)(=O)N(C)C)cc1. The maximum atomic E-state index is 12.2. The minimum atomic E-state index is -3.58. The van der Waals surface area contributed by atoms with E-state index in [9.17, 15) is 18.0 Å². The van der Waals surface area contributed by atoms with Crippen molar-refractivity contribution in [2.45, 2.75) is 31.1 Å². The molecule has 0 heterocycles. The zero-order chi connectivity index (χ0) is 21.6. The van der Waals surface area contributed by atoms with Crippen molar-refractivity contribution in [1.82, 2.24) is 4.31 Å². The Morgan fingerprint density at radius 1 is 1.07 bits per heavy atom. The highest BCUT2D eigenvalue weighted by atomic mass is 32.2. The fourth-order valence-electron chi connectivity index (χ4n) is 2.64. The van der Waals surface area contributed by atoms with Gasteiger partial charge in [0, 0.05) is 19.8 Å². The lowest BCUT2D eigenvalue weighted by Gasteiger charge is -2.15. The molecule has 0 bridgehead atoms. The van der Waals surface area contributed by atoms with Gasteiger partial charge in [-0.2, -0.15) is 0 Å². The van der Waals surface area contributed by atoms with Crippen molar-refractivity contribution in [2.24, 2.45) is 0 Å². The first-order chi connectivity index (χ1) is 13.7. The van der Waals surface area contributed by atoms with Crippen molar-refractivity contribution in [3.05, 3.63) is 59.7 Å². The molecule has 0 aliphatic carbocycles. The number of hydrogen-bond acceptors (Lipinski definition) is 5. The van der Waals surface area contributed by atoms with Gasteiger partial charge in [-0.15, -0.1) is 0 Å². The molecule has 0 fully saturated rings. The molecular weight excluding hydrogens is 392 g/mol. The molecule has 156 valence electrons. The standard InChI is InChI=1S/C21H26N2O5S/c1-5-15(2)18-8-6-7-9-19(18)22-20(24)14-28-21(25)16-10-12-17(13-11-16)29(26,27)23(3)4/h6-13,15H,5,14H2,1-4H3,(H,22,24)/t15-/m1/s1. The highest BCUT2D eigenvalue weighted by molar-refractivity contribution is 7.89. The Balaban J connectivity index is 1.98. The zero-order valence-corrected chi connectivity index (χ0v) is 17.8. The van der Waals surface area contributed by atoms with Crippen molar-refractivity contribution in [2.75, 3.05) is 26.0 Å². The third-order valence-electron chi connectivity index (χ3n) is 4.58. The lowest BCUT2D eigenvalue weighted by atomic mass is 9.97. The van der Waals surface area contributed by atoms with E-state index in [0.29, 0.717) is 5.69 Å². The van der Waals surface area contributed by atoms with Crippen molar-refractivity contribution in [1.29, 1.82) is 0 Å². The number of nitrogens with one attached hydrogen (secondary N) is 1. The van der Waals surface area contributed by atoms with Gasteiger partial charge in [0.25, 0.3) is 5.91 Å². The number of esters is 1. The smallest absolute Gasteiger partial charge is 0.338 e. The first kappa shape index (κ1) is 22.6. The van der Waals surface area contributed by atoms with E-state index in [-0.39, 0.29) is 16.4 Å². The topological polar surface area (TPSA) is 92.8 Å². The Morgan fingerprint density at radius 2 is 1.69 bits per heavy atom. The number of rotatable bonds is 8. The molecule has 29 heavy (non-hydrogen) atoms. The number of benzene rings is 2. The molecule has 2 aromatic carbocycles. The molecule has 7 nitrogen and oxygen atoms in total. The molecule has 0 aliphatic heterocycles. The average Bonchev–Trinajstić information content (AvgIpc) is 2.71. The Bertz CT molecular complexity index is 969. The van der Waals surface area contributed by atoms with Crippen LogP contribution in [0, 0.1) is 0 Å². The molecule has 0 aromatic heterocycles. The van der Waals surface area contributed by atoms with Gasteiger partial charge in [0.05, 0.1) is 10.5 Å². The van der Waals surface area contributed by atoms with Crippen molar-refractivity contribution >= 4 is 27.6 Å². The first-order valence-electron chi connectivity index (χ1n) is 9.25. The van der Waals surface area contributed by atoms with Gasteiger partial charge in [-0.05, 0) is 48.2 Å². The summed E-state index contributed by atoms with van der Waals surface area (Å²) in [7, 11) is -0.724. The number of hydrogen-bond donors (Lipinski definition) is 1. The van der Waals surface area contributed by atoms with Crippen LogP contribution in [0.25, 0.3) is 0 Å². The zero-order valence-electron chi connectivity index (χ0n) is 17.0. The van der Waals surface area contributed by atoms with Crippen LogP contribution < -0.4 is 5.32 Å². The molecule has 0 saturated heterocycles. The first-order valence-corrected chi connectivity index (χ1v) is 10.7. The van der Waals surface area contributed by atoms with Crippen LogP contribution in [0.1, 0.15) is 42.1 Å². The summed E-state index contributed by atoms with van der Waals surface area (Å²) < 4.78 is 30.2. The van der Waals surface area contributed by atoms with Crippen LogP contribution in [0.3, 0.4) is 0 Å². The molecule has 1 N–H and O–H groups in total.